The number of hydrogen-bond acceptors (Lipinski definition) is 5. The lowest BCUT2D eigenvalue weighted by atomic mass is 10.3. The lowest BCUT2D eigenvalue weighted by molar-refractivity contribution is -0.133. The van der Waals surface area contributed by atoms with E-state index in [0.717, 1.165) is 0 Å². The highest BCUT2D eigenvalue weighted by Crippen LogP contribution is 2.13. The summed E-state index contributed by atoms with van der Waals surface area (Å²) in [5, 5.41) is 0. The number of rotatable bonds is 6. The summed E-state index contributed by atoms with van der Waals surface area (Å²) in [6.45, 7) is 1.37. The number of amides is 2. The Kier molecular flexibility index (Phi) is 4.13. The number of nitrogens with zero attached hydrogens (tertiary/aromatic N) is 2. The molecule has 3 rings (SSSR count). The van der Waals surface area contributed by atoms with Gasteiger partial charge < -0.3 is 18.5 Å². The minimum absolute atomic E-state index is 0.0136. The first-order valence-corrected chi connectivity index (χ1v) is 6.96. The van der Waals surface area contributed by atoms with Crippen molar-refractivity contribution in [1.29, 1.82) is 0 Å². The summed E-state index contributed by atoms with van der Waals surface area (Å²) in [4.78, 5) is 26.9. The minimum Gasteiger partial charge on any atom is -0.467 e. The number of carbonyl (C=O) groups is 2. The third-order valence-corrected chi connectivity index (χ3v) is 3.38. The molecule has 7 nitrogen and oxygen atoms in total. The summed E-state index contributed by atoms with van der Waals surface area (Å²) in [5.41, 5.74) is 0. The standard InChI is InChI=1S/C15H16N2O5/c18-14(11-16-5-8-22-15(16)19)17(9-12-3-1-6-20-12)10-13-4-2-7-21-13/h1-4,6-7H,5,8-11H2. The summed E-state index contributed by atoms with van der Waals surface area (Å²) < 4.78 is 15.4. The molecule has 1 saturated heterocycles. The highest BCUT2D eigenvalue weighted by molar-refractivity contribution is 5.82. The zero-order chi connectivity index (χ0) is 15.4. The quantitative estimate of drug-likeness (QED) is 0.814. The first kappa shape index (κ1) is 14.2. The molecule has 0 spiro atoms. The van der Waals surface area contributed by atoms with E-state index in [1.165, 1.54) is 4.90 Å². The lowest BCUT2D eigenvalue weighted by Gasteiger charge is -2.23. The van der Waals surface area contributed by atoms with Crippen LogP contribution in [0.3, 0.4) is 0 Å². The number of hydrogen-bond donors (Lipinski definition) is 0. The number of ether oxygens (including phenoxy) is 1. The highest BCUT2D eigenvalue weighted by Gasteiger charge is 2.27. The SMILES string of the molecule is O=C(CN1CCOC1=O)N(Cc1ccco1)Cc1ccco1. The molecule has 1 fully saturated rings. The van der Waals surface area contributed by atoms with Crippen molar-refractivity contribution >= 4 is 12.0 Å². The Bertz CT molecular complexity index is 584. The van der Waals surface area contributed by atoms with Crippen LogP contribution in [0.2, 0.25) is 0 Å². The molecule has 1 aliphatic rings. The van der Waals surface area contributed by atoms with Gasteiger partial charge in [0.15, 0.2) is 0 Å². The van der Waals surface area contributed by atoms with Gasteiger partial charge in [-0.15, -0.1) is 0 Å². The number of cyclic esters (lactones) is 1. The summed E-state index contributed by atoms with van der Waals surface area (Å²) >= 11 is 0. The van der Waals surface area contributed by atoms with Gasteiger partial charge in [-0.1, -0.05) is 0 Å². The van der Waals surface area contributed by atoms with Crippen molar-refractivity contribution < 1.29 is 23.2 Å². The van der Waals surface area contributed by atoms with Gasteiger partial charge in [-0.3, -0.25) is 9.69 Å². The molecule has 0 aliphatic carbocycles. The molecule has 116 valence electrons. The molecular formula is C15H16N2O5. The van der Waals surface area contributed by atoms with Crippen LogP contribution in [0.4, 0.5) is 4.79 Å². The van der Waals surface area contributed by atoms with Gasteiger partial charge in [0.25, 0.3) is 0 Å². The van der Waals surface area contributed by atoms with Crippen molar-refractivity contribution in [3.8, 4) is 0 Å². The van der Waals surface area contributed by atoms with Gasteiger partial charge in [0.2, 0.25) is 5.91 Å². The molecule has 0 saturated carbocycles. The second kappa shape index (κ2) is 6.38. The first-order chi connectivity index (χ1) is 10.7. The van der Waals surface area contributed by atoms with E-state index in [4.69, 9.17) is 13.6 Å². The molecule has 7 heteroatoms. The van der Waals surface area contributed by atoms with Crippen LogP contribution in [0.15, 0.2) is 45.6 Å². The van der Waals surface area contributed by atoms with Gasteiger partial charge >= 0.3 is 6.09 Å². The zero-order valence-corrected chi connectivity index (χ0v) is 11.9. The van der Waals surface area contributed by atoms with E-state index in [1.54, 1.807) is 41.7 Å². The van der Waals surface area contributed by atoms with Crippen LogP contribution in [-0.4, -0.2) is 41.5 Å². The van der Waals surface area contributed by atoms with Crippen LogP contribution >= 0.6 is 0 Å². The fourth-order valence-corrected chi connectivity index (χ4v) is 2.25. The summed E-state index contributed by atoms with van der Waals surface area (Å²) in [6, 6.07) is 7.13. The molecule has 2 aromatic heterocycles. The van der Waals surface area contributed by atoms with E-state index < -0.39 is 6.09 Å². The van der Waals surface area contributed by atoms with Crippen molar-refractivity contribution in [2.24, 2.45) is 0 Å². The van der Waals surface area contributed by atoms with Gasteiger partial charge in [-0.2, -0.15) is 0 Å². The molecular weight excluding hydrogens is 288 g/mol. The largest absolute Gasteiger partial charge is 0.467 e. The molecule has 1 aliphatic heterocycles. The Balaban J connectivity index is 1.68. The van der Waals surface area contributed by atoms with Crippen molar-refractivity contribution in [2.75, 3.05) is 19.7 Å². The Morgan fingerprint density at radius 2 is 1.77 bits per heavy atom. The number of carbonyl (C=O) groups excluding carboxylic acids is 2. The normalized spacial score (nSPS) is 14.2. The van der Waals surface area contributed by atoms with Crippen LogP contribution in [0.5, 0.6) is 0 Å². The van der Waals surface area contributed by atoms with Crippen LogP contribution in [0.1, 0.15) is 11.5 Å². The summed E-state index contributed by atoms with van der Waals surface area (Å²) in [7, 11) is 0. The Labute approximate surface area is 127 Å². The molecule has 0 bridgehead atoms. The Morgan fingerprint density at radius 1 is 1.14 bits per heavy atom. The Morgan fingerprint density at radius 3 is 2.23 bits per heavy atom. The van der Waals surface area contributed by atoms with Gasteiger partial charge in [-0.05, 0) is 24.3 Å². The highest BCUT2D eigenvalue weighted by atomic mass is 16.6. The fourth-order valence-electron chi connectivity index (χ4n) is 2.25. The lowest BCUT2D eigenvalue weighted by Crippen LogP contribution is -2.40. The number of furan rings is 2. The Hall–Kier alpha value is -2.70. The van der Waals surface area contributed by atoms with E-state index >= 15 is 0 Å². The van der Waals surface area contributed by atoms with Crippen molar-refractivity contribution in [3.05, 3.63) is 48.3 Å². The van der Waals surface area contributed by atoms with Crippen molar-refractivity contribution in [3.63, 3.8) is 0 Å². The topological polar surface area (TPSA) is 76.1 Å². The van der Waals surface area contributed by atoms with Gasteiger partial charge in [-0.25, -0.2) is 4.79 Å². The maximum absolute atomic E-state index is 12.5. The molecule has 2 amide bonds. The molecule has 22 heavy (non-hydrogen) atoms. The van der Waals surface area contributed by atoms with Crippen molar-refractivity contribution in [2.45, 2.75) is 13.1 Å². The monoisotopic (exact) mass is 304 g/mol. The van der Waals surface area contributed by atoms with Gasteiger partial charge in [0, 0.05) is 0 Å². The average Bonchev–Trinajstić information content (AvgIpc) is 3.23. The van der Waals surface area contributed by atoms with Gasteiger partial charge in [0.1, 0.15) is 24.7 Å². The average molecular weight is 304 g/mol. The predicted molar refractivity (Wildman–Crippen MR) is 74.6 cm³/mol. The maximum Gasteiger partial charge on any atom is 0.410 e. The van der Waals surface area contributed by atoms with Crippen molar-refractivity contribution in [1.82, 2.24) is 9.80 Å². The molecule has 2 aromatic rings. The molecule has 0 atom stereocenters. The van der Waals surface area contributed by atoms with Crippen LogP contribution in [0, 0.1) is 0 Å². The molecule has 3 heterocycles. The van der Waals surface area contributed by atoms with Crippen LogP contribution < -0.4 is 0 Å². The third-order valence-electron chi connectivity index (χ3n) is 3.38. The molecule has 0 radical (unpaired) electrons. The molecule has 0 unspecified atom stereocenters. The molecule has 0 N–H and O–H groups in total. The summed E-state index contributed by atoms with van der Waals surface area (Å²) in [5.74, 6) is 1.15. The van der Waals surface area contributed by atoms with E-state index in [9.17, 15) is 9.59 Å². The van der Waals surface area contributed by atoms with E-state index in [1.807, 2.05) is 0 Å². The predicted octanol–water partition coefficient (Wildman–Crippen LogP) is 1.85. The van der Waals surface area contributed by atoms with Crippen LogP contribution in [0.25, 0.3) is 0 Å². The summed E-state index contributed by atoms with van der Waals surface area (Å²) in [6.07, 6.45) is 2.66. The maximum atomic E-state index is 12.5. The smallest absolute Gasteiger partial charge is 0.410 e. The second-order valence-electron chi connectivity index (χ2n) is 4.94. The second-order valence-corrected chi connectivity index (χ2v) is 4.94. The van der Waals surface area contributed by atoms with E-state index in [-0.39, 0.29) is 12.5 Å². The van der Waals surface area contributed by atoms with Crippen LogP contribution in [-0.2, 0) is 22.6 Å². The molecule has 0 aromatic carbocycles. The van der Waals surface area contributed by atoms with E-state index in [0.29, 0.717) is 37.8 Å². The zero-order valence-electron chi connectivity index (χ0n) is 11.9. The third kappa shape index (κ3) is 3.30. The van der Waals surface area contributed by atoms with E-state index in [2.05, 4.69) is 0 Å². The minimum atomic E-state index is -0.454. The first-order valence-electron chi connectivity index (χ1n) is 6.96. The fraction of sp³-hybridized carbons (Fsp3) is 0.333. The van der Waals surface area contributed by atoms with Gasteiger partial charge in [0.05, 0.1) is 32.2 Å².